The van der Waals surface area contributed by atoms with Gasteiger partial charge in [-0.25, -0.2) is 0 Å². The van der Waals surface area contributed by atoms with Gasteiger partial charge in [0.1, 0.15) is 0 Å². The molecule has 0 amide bonds. The molecule has 0 spiro atoms. The highest BCUT2D eigenvalue weighted by molar-refractivity contribution is 5.49. The summed E-state index contributed by atoms with van der Waals surface area (Å²) in [7, 11) is 1.86. The molecule has 0 radical (unpaired) electrons. The number of nitrogens with zero attached hydrogens (tertiary/aromatic N) is 1. The van der Waals surface area contributed by atoms with Gasteiger partial charge in [-0.15, -0.1) is 0 Å². The van der Waals surface area contributed by atoms with Crippen LogP contribution >= 0.6 is 0 Å². The Morgan fingerprint density at radius 2 is 1.67 bits per heavy atom. The highest BCUT2D eigenvalue weighted by atomic mass is 15.1. The Kier molecular flexibility index (Phi) is 5.55. The summed E-state index contributed by atoms with van der Waals surface area (Å²) in [6.45, 7) is 4.00. The topological polar surface area (TPSA) is 3.24 Å². The number of benzene rings is 1. The van der Waals surface area contributed by atoms with Crippen LogP contribution in [0.15, 0.2) is 30.3 Å². The SMILES string of the molecule is C#CN(C)c1ccccc1.CC. The first-order valence-electron chi connectivity index (χ1n) is 4.09. The normalized spacial score (nSPS) is 7.50. The molecular formula is C11H15N. The van der Waals surface area contributed by atoms with Gasteiger partial charge in [0.05, 0.1) is 0 Å². The molecule has 1 nitrogen and oxygen atoms in total. The fourth-order valence-corrected chi connectivity index (χ4v) is 0.726. The van der Waals surface area contributed by atoms with Gasteiger partial charge in [-0.3, -0.25) is 0 Å². The summed E-state index contributed by atoms with van der Waals surface area (Å²) in [5.74, 6) is 0. The van der Waals surface area contributed by atoms with Crippen molar-refractivity contribution in [2.75, 3.05) is 11.9 Å². The average Bonchev–Trinajstić information content (AvgIpc) is 2.21. The minimum Gasteiger partial charge on any atom is -0.305 e. The molecule has 0 aliphatic heterocycles. The molecule has 1 aromatic carbocycles. The molecule has 0 N–H and O–H groups in total. The van der Waals surface area contributed by atoms with E-state index in [1.807, 2.05) is 51.2 Å². The molecule has 0 fully saturated rings. The fraction of sp³-hybridized carbons (Fsp3) is 0.273. The monoisotopic (exact) mass is 161 g/mol. The molecule has 0 aliphatic rings. The molecule has 0 aliphatic carbocycles. The lowest BCUT2D eigenvalue weighted by Gasteiger charge is -2.08. The summed E-state index contributed by atoms with van der Waals surface area (Å²) < 4.78 is 0. The zero-order valence-corrected chi connectivity index (χ0v) is 7.91. The number of anilines is 1. The van der Waals surface area contributed by atoms with Crippen molar-refractivity contribution in [3.63, 3.8) is 0 Å². The van der Waals surface area contributed by atoms with Gasteiger partial charge >= 0.3 is 0 Å². The van der Waals surface area contributed by atoms with E-state index in [2.05, 4.69) is 6.04 Å². The van der Waals surface area contributed by atoms with Crippen LogP contribution in [0.25, 0.3) is 0 Å². The van der Waals surface area contributed by atoms with Crippen LogP contribution in [0.3, 0.4) is 0 Å². The summed E-state index contributed by atoms with van der Waals surface area (Å²) in [6, 6.07) is 12.3. The van der Waals surface area contributed by atoms with Gasteiger partial charge in [-0.1, -0.05) is 38.5 Å². The van der Waals surface area contributed by atoms with Gasteiger partial charge in [-0.2, -0.15) is 0 Å². The van der Waals surface area contributed by atoms with Crippen molar-refractivity contribution in [3.05, 3.63) is 30.3 Å². The fourth-order valence-electron chi connectivity index (χ4n) is 0.726. The van der Waals surface area contributed by atoms with Gasteiger partial charge in [0, 0.05) is 18.8 Å². The molecule has 1 rings (SSSR count). The van der Waals surface area contributed by atoms with Gasteiger partial charge in [0.2, 0.25) is 0 Å². The van der Waals surface area contributed by atoms with Crippen molar-refractivity contribution < 1.29 is 0 Å². The Balaban J connectivity index is 0.000000561. The van der Waals surface area contributed by atoms with Crippen LogP contribution in [0, 0.1) is 12.5 Å². The van der Waals surface area contributed by atoms with Gasteiger partial charge in [-0.05, 0) is 12.1 Å². The lowest BCUT2D eigenvalue weighted by atomic mass is 10.3. The maximum Gasteiger partial charge on any atom is 0.0485 e. The van der Waals surface area contributed by atoms with Crippen LogP contribution in [0.2, 0.25) is 0 Å². The predicted molar refractivity (Wildman–Crippen MR) is 55.0 cm³/mol. The molecule has 64 valence electrons. The zero-order chi connectivity index (χ0) is 9.40. The molecular weight excluding hydrogens is 146 g/mol. The lowest BCUT2D eigenvalue weighted by molar-refractivity contribution is 1.25. The Labute approximate surface area is 75.0 Å². The summed E-state index contributed by atoms with van der Waals surface area (Å²) in [5, 5.41) is 0. The molecule has 12 heavy (non-hydrogen) atoms. The number of para-hydroxylation sites is 1. The maximum atomic E-state index is 5.18. The Hall–Kier alpha value is -1.42. The van der Waals surface area contributed by atoms with Gasteiger partial charge in [0.25, 0.3) is 0 Å². The number of hydrogen-bond acceptors (Lipinski definition) is 1. The molecule has 0 aromatic heterocycles. The van der Waals surface area contributed by atoms with E-state index in [1.54, 1.807) is 4.90 Å². The molecule has 0 bridgehead atoms. The highest BCUT2D eigenvalue weighted by Gasteiger charge is 1.91. The first-order chi connectivity index (χ1) is 5.84. The van der Waals surface area contributed by atoms with Crippen LogP contribution in [0.5, 0.6) is 0 Å². The summed E-state index contributed by atoms with van der Waals surface area (Å²) in [6.07, 6.45) is 5.18. The standard InChI is InChI=1S/C9H9N.C2H6/c1-3-10(2)9-7-5-4-6-8-9;1-2/h1,4-8H,2H3;1-2H3. The minimum absolute atomic E-state index is 1.05. The van der Waals surface area contributed by atoms with Gasteiger partial charge < -0.3 is 4.90 Å². The van der Waals surface area contributed by atoms with Crippen LogP contribution in [0.4, 0.5) is 5.69 Å². The summed E-state index contributed by atoms with van der Waals surface area (Å²) in [5.41, 5.74) is 1.05. The lowest BCUT2D eigenvalue weighted by Crippen LogP contribution is -2.06. The largest absolute Gasteiger partial charge is 0.305 e. The Bertz CT molecular complexity index is 233. The second-order valence-corrected chi connectivity index (χ2v) is 2.02. The summed E-state index contributed by atoms with van der Waals surface area (Å²) >= 11 is 0. The van der Waals surface area contributed by atoms with E-state index in [4.69, 9.17) is 6.42 Å². The predicted octanol–water partition coefficient (Wildman–Crippen LogP) is 2.74. The van der Waals surface area contributed by atoms with Crippen molar-refractivity contribution in [1.29, 1.82) is 0 Å². The first kappa shape index (κ1) is 10.6. The third-order valence-corrected chi connectivity index (χ3v) is 1.34. The van der Waals surface area contributed by atoms with Gasteiger partial charge in [0.15, 0.2) is 0 Å². The average molecular weight is 161 g/mol. The third-order valence-electron chi connectivity index (χ3n) is 1.34. The van der Waals surface area contributed by atoms with E-state index in [-0.39, 0.29) is 0 Å². The minimum atomic E-state index is 1.05. The van der Waals surface area contributed by atoms with E-state index in [9.17, 15) is 0 Å². The van der Waals surface area contributed by atoms with Crippen molar-refractivity contribution in [2.24, 2.45) is 0 Å². The second kappa shape index (κ2) is 6.30. The van der Waals surface area contributed by atoms with E-state index < -0.39 is 0 Å². The van der Waals surface area contributed by atoms with Crippen LogP contribution in [-0.4, -0.2) is 7.05 Å². The summed E-state index contributed by atoms with van der Waals surface area (Å²) in [4.78, 5) is 1.74. The molecule has 1 aromatic rings. The van der Waals surface area contributed by atoms with E-state index in [0.29, 0.717) is 0 Å². The maximum absolute atomic E-state index is 5.18. The molecule has 0 atom stereocenters. The third kappa shape index (κ3) is 3.12. The van der Waals surface area contributed by atoms with Crippen molar-refractivity contribution in [3.8, 4) is 12.5 Å². The number of terminal acetylenes is 1. The Morgan fingerprint density at radius 1 is 1.17 bits per heavy atom. The number of rotatable bonds is 1. The molecule has 1 heteroatoms. The van der Waals surface area contributed by atoms with Crippen LogP contribution in [0.1, 0.15) is 13.8 Å². The van der Waals surface area contributed by atoms with E-state index >= 15 is 0 Å². The van der Waals surface area contributed by atoms with Crippen LogP contribution < -0.4 is 4.90 Å². The van der Waals surface area contributed by atoms with Crippen molar-refractivity contribution >= 4 is 5.69 Å². The molecule has 0 heterocycles. The smallest absolute Gasteiger partial charge is 0.0485 e. The molecule has 0 saturated carbocycles. The quantitative estimate of drug-likeness (QED) is 0.452. The molecule has 0 unspecified atom stereocenters. The zero-order valence-electron chi connectivity index (χ0n) is 7.91. The second-order valence-electron chi connectivity index (χ2n) is 2.02. The van der Waals surface area contributed by atoms with Crippen LogP contribution in [-0.2, 0) is 0 Å². The molecule has 0 saturated heterocycles. The Morgan fingerprint density at radius 3 is 2.08 bits per heavy atom. The van der Waals surface area contributed by atoms with Crippen molar-refractivity contribution in [2.45, 2.75) is 13.8 Å². The van der Waals surface area contributed by atoms with E-state index in [1.165, 1.54) is 0 Å². The van der Waals surface area contributed by atoms with E-state index in [0.717, 1.165) is 5.69 Å². The van der Waals surface area contributed by atoms with Crippen molar-refractivity contribution in [1.82, 2.24) is 0 Å². The highest BCUT2D eigenvalue weighted by Crippen LogP contribution is 2.08. The first-order valence-corrected chi connectivity index (χ1v) is 4.09. The number of hydrogen-bond donors (Lipinski definition) is 0.